The number of nitriles is 1. The summed E-state index contributed by atoms with van der Waals surface area (Å²) in [6.07, 6.45) is 0. The van der Waals surface area contributed by atoms with E-state index >= 15 is 0 Å². The van der Waals surface area contributed by atoms with E-state index in [2.05, 4.69) is 103 Å². The highest BCUT2D eigenvalue weighted by Gasteiger charge is 2.26. The van der Waals surface area contributed by atoms with Crippen molar-refractivity contribution in [1.29, 1.82) is 5.26 Å². The molecule has 0 bridgehead atoms. The maximum atomic E-state index is 10.6. The number of halogens is 1. The third kappa shape index (κ3) is 3.66. The van der Waals surface area contributed by atoms with Crippen LogP contribution in [0, 0.1) is 17.9 Å². The van der Waals surface area contributed by atoms with E-state index in [0.29, 0.717) is 27.1 Å². The van der Waals surface area contributed by atoms with Gasteiger partial charge in [-0.2, -0.15) is 5.26 Å². The van der Waals surface area contributed by atoms with Crippen molar-refractivity contribution in [3.63, 3.8) is 0 Å². The summed E-state index contributed by atoms with van der Waals surface area (Å²) in [5.41, 5.74) is 8.44. The minimum Gasteiger partial charge on any atom is -0.317 e. The Morgan fingerprint density at radius 3 is 1.65 bits per heavy atom. The first kappa shape index (κ1) is 25.1. The van der Waals surface area contributed by atoms with Gasteiger partial charge in [-0.25, -0.2) is 4.85 Å². The highest BCUT2D eigenvalue weighted by molar-refractivity contribution is 9.10. The molecule has 0 aliphatic rings. The van der Waals surface area contributed by atoms with Crippen LogP contribution in [0.25, 0.3) is 71.0 Å². The summed E-state index contributed by atoms with van der Waals surface area (Å²) in [7, 11) is 0. The molecule has 8 aromatic rings. The predicted molar refractivity (Wildman–Crippen MR) is 179 cm³/mol. The molecule has 0 unspecified atom stereocenters. The lowest BCUT2D eigenvalue weighted by atomic mass is 10.0. The fourth-order valence-electron chi connectivity index (χ4n) is 6.43. The average molecular weight is 614 g/mol. The molecular formula is C38H21BrN4. The van der Waals surface area contributed by atoms with Gasteiger partial charge in [0.15, 0.2) is 0 Å². The lowest BCUT2D eigenvalue weighted by molar-refractivity contribution is 1.09. The Bertz CT molecular complexity index is 2430. The molecule has 2 aromatic heterocycles. The lowest BCUT2D eigenvalue weighted by Gasteiger charge is -2.20. The number of rotatable bonds is 3. The van der Waals surface area contributed by atoms with E-state index in [-0.39, 0.29) is 0 Å². The summed E-state index contributed by atoms with van der Waals surface area (Å²) in [5.74, 6) is 0. The van der Waals surface area contributed by atoms with Gasteiger partial charge in [-0.05, 0) is 47.5 Å². The van der Waals surface area contributed by atoms with Crippen molar-refractivity contribution in [2.75, 3.05) is 0 Å². The van der Waals surface area contributed by atoms with Gasteiger partial charge in [0.2, 0.25) is 5.69 Å². The summed E-state index contributed by atoms with van der Waals surface area (Å²) in [5, 5.41) is 15.0. The van der Waals surface area contributed by atoms with E-state index in [4.69, 9.17) is 6.57 Å². The van der Waals surface area contributed by atoms with Crippen LogP contribution in [0.1, 0.15) is 5.56 Å². The van der Waals surface area contributed by atoms with E-state index in [9.17, 15) is 5.26 Å². The zero-order valence-electron chi connectivity index (χ0n) is 22.8. The Hall–Kier alpha value is -5.62. The van der Waals surface area contributed by atoms with Crippen LogP contribution >= 0.6 is 15.9 Å². The summed E-state index contributed by atoms with van der Waals surface area (Å²) >= 11 is 3.66. The minimum absolute atomic E-state index is 0.456. The fraction of sp³-hybridized carbons (Fsp3) is 0. The third-order valence-corrected chi connectivity index (χ3v) is 8.87. The van der Waals surface area contributed by atoms with Crippen LogP contribution in [0.3, 0.4) is 0 Å². The van der Waals surface area contributed by atoms with Gasteiger partial charge in [-0.15, -0.1) is 0 Å². The Balaban J connectivity index is 1.58. The Labute approximate surface area is 256 Å². The average Bonchev–Trinajstić information content (AvgIpc) is 3.57. The molecule has 2 heterocycles. The SMILES string of the molecule is [C-]#[N+]c1cc(Br)c(C#N)c(-n2c3ccccc3c3ccccc32)c1-n1c2ccccc2c2cc(-c3ccccc3)ccc21. The molecule has 8 rings (SSSR count). The fourth-order valence-corrected chi connectivity index (χ4v) is 6.92. The van der Waals surface area contributed by atoms with E-state index in [0.717, 1.165) is 54.7 Å². The van der Waals surface area contributed by atoms with Gasteiger partial charge in [0.05, 0.1) is 45.6 Å². The molecule has 6 aromatic carbocycles. The van der Waals surface area contributed by atoms with Crippen LogP contribution in [-0.2, 0) is 0 Å². The number of aromatic nitrogens is 2. The highest BCUT2D eigenvalue weighted by atomic mass is 79.9. The smallest absolute Gasteiger partial charge is 0.213 e. The van der Waals surface area contributed by atoms with Crippen LogP contribution in [0.4, 0.5) is 5.69 Å². The summed E-state index contributed by atoms with van der Waals surface area (Å²) in [4.78, 5) is 4.05. The van der Waals surface area contributed by atoms with Gasteiger partial charge < -0.3 is 9.13 Å². The van der Waals surface area contributed by atoms with E-state index in [1.807, 2.05) is 54.6 Å². The summed E-state index contributed by atoms with van der Waals surface area (Å²) in [6, 6.07) is 45.9. The highest BCUT2D eigenvalue weighted by Crippen LogP contribution is 2.45. The van der Waals surface area contributed by atoms with Gasteiger partial charge in [0, 0.05) is 26.0 Å². The van der Waals surface area contributed by atoms with Crippen molar-refractivity contribution in [3.8, 4) is 28.6 Å². The molecule has 0 spiro atoms. The second kappa shape index (κ2) is 9.74. The standard InChI is InChI=1S/C38H21BrN4/c1-41-32-22-31(39)30(23-40)37(42-33-16-8-5-13-26(33)27-14-6-9-17-34(27)42)38(32)43-35-18-10-7-15-28(35)29-21-25(19-20-36(29)43)24-11-3-2-4-12-24/h2-22H. The van der Waals surface area contributed by atoms with Crippen LogP contribution in [-0.4, -0.2) is 9.13 Å². The Morgan fingerprint density at radius 2 is 1.07 bits per heavy atom. The zero-order chi connectivity index (χ0) is 29.1. The molecule has 0 aliphatic heterocycles. The monoisotopic (exact) mass is 612 g/mol. The summed E-state index contributed by atoms with van der Waals surface area (Å²) < 4.78 is 4.91. The second-order valence-corrected chi connectivity index (χ2v) is 11.3. The topological polar surface area (TPSA) is 38.0 Å². The van der Waals surface area contributed by atoms with Crippen molar-refractivity contribution in [1.82, 2.24) is 9.13 Å². The second-order valence-electron chi connectivity index (χ2n) is 10.5. The van der Waals surface area contributed by atoms with Gasteiger partial charge in [-0.3, -0.25) is 0 Å². The first-order valence-electron chi connectivity index (χ1n) is 13.9. The van der Waals surface area contributed by atoms with Gasteiger partial charge in [0.1, 0.15) is 6.07 Å². The normalized spacial score (nSPS) is 11.3. The molecule has 4 nitrogen and oxygen atoms in total. The molecule has 0 N–H and O–H groups in total. The van der Waals surface area contributed by atoms with E-state index in [1.165, 1.54) is 0 Å². The number of para-hydroxylation sites is 3. The molecule has 0 radical (unpaired) electrons. The molecule has 0 amide bonds. The number of hydrogen-bond donors (Lipinski definition) is 0. The first-order valence-corrected chi connectivity index (χ1v) is 14.7. The maximum Gasteiger partial charge on any atom is 0.213 e. The van der Waals surface area contributed by atoms with Gasteiger partial charge in [0.25, 0.3) is 0 Å². The van der Waals surface area contributed by atoms with Crippen LogP contribution in [0.2, 0.25) is 0 Å². The van der Waals surface area contributed by atoms with Crippen molar-refractivity contribution < 1.29 is 0 Å². The Kier molecular flexibility index (Phi) is 5.69. The number of benzene rings is 6. The van der Waals surface area contributed by atoms with Crippen LogP contribution in [0.15, 0.2) is 132 Å². The quantitative estimate of drug-likeness (QED) is 0.183. The van der Waals surface area contributed by atoms with Gasteiger partial charge >= 0.3 is 0 Å². The Morgan fingerprint density at radius 1 is 0.558 bits per heavy atom. The summed E-state index contributed by atoms with van der Waals surface area (Å²) in [6.45, 7) is 8.32. The van der Waals surface area contributed by atoms with E-state index < -0.39 is 0 Å². The first-order chi connectivity index (χ1) is 21.2. The maximum absolute atomic E-state index is 10.6. The third-order valence-electron chi connectivity index (χ3n) is 8.25. The minimum atomic E-state index is 0.456. The number of fused-ring (bicyclic) bond motifs is 6. The van der Waals surface area contributed by atoms with E-state index in [1.54, 1.807) is 6.07 Å². The molecule has 0 fully saturated rings. The van der Waals surface area contributed by atoms with Crippen molar-refractivity contribution in [3.05, 3.63) is 149 Å². The molecule has 0 saturated heterocycles. The van der Waals surface area contributed by atoms with Crippen LogP contribution < -0.4 is 0 Å². The number of hydrogen-bond acceptors (Lipinski definition) is 1. The van der Waals surface area contributed by atoms with Crippen molar-refractivity contribution in [2.24, 2.45) is 0 Å². The molecule has 0 atom stereocenters. The zero-order valence-corrected chi connectivity index (χ0v) is 24.4. The van der Waals surface area contributed by atoms with Crippen molar-refractivity contribution in [2.45, 2.75) is 0 Å². The van der Waals surface area contributed by atoms with Gasteiger partial charge in [-0.1, -0.05) is 107 Å². The largest absolute Gasteiger partial charge is 0.317 e. The van der Waals surface area contributed by atoms with Crippen LogP contribution in [0.5, 0.6) is 0 Å². The predicted octanol–water partition coefficient (Wildman–Crippen LogP) is 10.7. The molecular weight excluding hydrogens is 592 g/mol. The van der Waals surface area contributed by atoms with Crippen molar-refractivity contribution >= 4 is 65.2 Å². The molecule has 200 valence electrons. The lowest BCUT2D eigenvalue weighted by Crippen LogP contribution is -2.07. The molecule has 0 saturated carbocycles. The molecule has 5 heteroatoms. The number of nitrogens with zero attached hydrogens (tertiary/aromatic N) is 4. The molecule has 43 heavy (non-hydrogen) atoms. The molecule has 0 aliphatic carbocycles.